The van der Waals surface area contributed by atoms with Crippen molar-refractivity contribution in [3.63, 3.8) is 0 Å². The van der Waals surface area contributed by atoms with E-state index in [1.165, 1.54) is 0 Å². The van der Waals surface area contributed by atoms with Gasteiger partial charge in [0.25, 0.3) is 0 Å². The molecule has 2 heterocycles. The number of aryl methyl sites for hydroxylation is 1. The summed E-state index contributed by atoms with van der Waals surface area (Å²) in [6.07, 6.45) is 0. The third-order valence-electron chi connectivity index (χ3n) is 2.99. The lowest BCUT2D eigenvalue weighted by Gasteiger charge is -2.00. The van der Waals surface area contributed by atoms with E-state index in [0.717, 1.165) is 26.5 Å². The second-order valence-electron chi connectivity index (χ2n) is 4.28. The molecule has 0 amide bonds. The van der Waals surface area contributed by atoms with Crippen LogP contribution in [0.5, 0.6) is 0 Å². The minimum Gasteiger partial charge on any atom is -0.394 e. The first-order valence-electron chi connectivity index (χ1n) is 6.00. The van der Waals surface area contributed by atoms with Gasteiger partial charge in [-0.2, -0.15) is 5.10 Å². The Hall–Kier alpha value is -1.92. The van der Waals surface area contributed by atoms with Crippen LogP contribution in [0.25, 0.3) is 20.8 Å². The van der Waals surface area contributed by atoms with Gasteiger partial charge in [0, 0.05) is 0 Å². The Morgan fingerprint density at radius 3 is 2.89 bits per heavy atom. The van der Waals surface area contributed by atoms with E-state index < -0.39 is 0 Å². The number of hydrogen-bond donors (Lipinski definition) is 2. The van der Waals surface area contributed by atoms with Gasteiger partial charge in [0.1, 0.15) is 10.8 Å². The molecule has 5 nitrogen and oxygen atoms in total. The van der Waals surface area contributed by atoms with Crippen molar-refractivity contribution in [2.45, 2.75) is 13.5 Å². The highest BCUT2D eigenvalue weighted by atomic mass is 32.1. The number of benzene rings is 1. The van der Waals surface area contributed by atoms with Gasteiger partial charge in [-0.3, -0.25) is 0 Å². The van der Waals surface area contributed by atoms with Crippen molar-refractivity contribution >= 4 is 27.4 Å². The van der Waals surface area contributed by atoms with Crippen LogP contribution in [-0.2, 0) is 6.54 Å². The van der Waals surface area contributed by atoms with E-state index >= 15 is 0 Å². The lowest BCUT2D eigenvalue weighted by molar-refractivity contribution is 0.270. The predicted octanol–water partition coefficient (Wildman–Crippen LogP) is 2.04. The molecule has 3 rings (SSSR count). The van der Waals surface area contributed by atoms with Gasteiger partial charge in [-0.1, -0.05) is 12.1 Å². The first-order valence-corrected chi connectivity index (χ1v) is 6.82. The number of nitrogen functional groups attached to an aromatic ring is 1. The van der Waals surface area contributed by atoms with E-state index in [1.807, 2.05) is 31.2 Å². The first-order chi connectivity index (χ1) is 9.20. The second-order valence-corrected chi connectivity index (χ2v) is 5.31. The Morgan fingerprint density at radius 1 is 1.37 bits per heavy atom. The van der Waals surface area contributed by atoms with E-state index in [9.17, 15) is 0 Å². The van der Waals surface area contributed by atoms with Crippen LogP contribution in [0.2, 0.25) is 0 Å². The van der Waals surface area contributed by atoms with Crippen molar-refractivity contribution < 1.29 is 5.11 Å². The number of aliphatic hydroxyl groups is 1. The summed E-state index contributed by atoms with van der Waals surface area (Å²) < 4.78 is 2.75. The molecular formula is C13H14N4OS. The SMILES string of the molecule is Cc1nn(CCO)c(N)c1-c1nc2ccccc2s1. The fourth-order valence-corrected chi connectivity index (χ4v) is 3.18. The summed E-state index contributed by atoms with van der Waals surface area (Å²) in [5.41, 5.74) is 8.78. The molecule has 98 valence electrons. The quantitative estimate of drug-likeness (QED) is 0.766. The third-order valence-corrected chi connectivity index (χ3v) is 4.04. The molecule has 1 aromatic carbocycles. The molecule has 0 spiro atoms. The number of aliphatic hydroxyl groups excluding tert-OH is 1. The molecule has 0 aliphatic heterocycles. The first kappa shape index (κ1) is 12.1. The molecule has 0 radical (unpaired) electrons. The van der Waals surface area contributed by atoms with Crippen LogP contribution in [0.1, 0.15) is 5.69 Å². The van der Waals surface area contributed by atoms with Crippen LogP contribution in [0.4, 0.5) is 5.82 Å². The summed E-state index contributed by atoms with van der Waals surface area (Å²) in [6.45, 7) is 2.33. The highest BCUT2D eigenvalue weighted by molar-refractivity contribution is 7.21. The van der Waals surface area contributed by atoms with Crippen LogP contribution < -0.4 is 5.73 Å². The highest BCUT2D eigenvalue weighted by Crippen LogP contribution is 2.35. The van der Waals surface area contributed by atoms with Crippen molar-refractivity contribution in [3.8, 4) is 10.6 Å². The summed E-state index contributed by atoms with van der Waals surface area (Å²) in [6, 6.07) is 7.99. The number of nitrogens with two attached hydrogens (primary N) is 1. The molecule has 19 heavy (non-hydrogen) atoms. The molecule has 6 heteroatoms. The maximum absolute atomic E-state index is 9.00. The highest BCUT2D eigenvalue weighted by Gasteiger charge is 2.17. The van der Waals surface area contributed by atoms with Gasteiger partial charge in [0.05, 0.1) is 34.6 Å². The maximum atomic E-state index is 9.00. The smallest absolute Gasteiger partial charge is 0.132 e. The number of nitrogens with zero attached hydrogens (tertiary/aromatic N) is 3. The molecule has 0 saturated carbocycles. The Balaban J connectivity index is 2.15. The predicted molar refractivity (Wildman–Crippen MR) is 77.1 cm³/mol. The van der Waals surface area contributed by atoms with E-state index in [0.29, 0.717) is 12.4 Å². The monoisotopic (exact) mass is 274 g/mol. The molecule has 0 unspecified atom stereocenters. The maximum Gasteiger partial charge on any atom is 0.132 e. The summed E-state index contributed by atoms with van der Waals surface area (Å²) in [7, 11) is 0. The Bertz CT molecular complexity index is 698. The second kappa shape index (κ2) is 4.64. The van der Waals surface area contributed by atoms with Crippen LogP contribution in [0.3, 0.4) is 0 Å². The van der Waals surface area contributed by atoms with Crippen molar-refractivity contribution in [1.82, 2.24) is 14.8 Å². The molecule has 3 N–H and O–H groups in total. The lowest BCUT2D eigenvalue weighted by atomic mass is 10.2. The molecule has 0 aliphatic carbocycles. The topological polar surface area (TPSA) is 77.0 Å². The van der Waals surface area contributed by atoms with Gasteiger partial charge in [-0.05, 0) is 19.1 Å². The van der Waals surface area contributed by atoms with Crippen molar-refractivity contribution in [3.05, 3.63) is 30.0 Å². The molecular weight excluding hydrogens is 260 g/mol. The largest absolute Gasteiger partial charge is 0.394 e. The average molecular weight is 274 g/mol. The number of thiazole rings is 1. The fraction of sp³-hybridized carbons (Fsp3) is 0.231. The van der Waals surface area contributed by atoms with Gasteiger partial charge in [-0.15, -0.1) is 11.3 Å². The Kier molecular flexibility index (Phi) is 2.96. The number of anilines is 1. The molecule has 3 aromatic rings. The minimum absolute atomic E-state index is 0.0185. The normalized spacial score (nSPS) is 11.3. The van der Waals surface area contributed by atoms with Gasteiger partial charge in [0.15, 0.2) is 0 Å². The van der Waals surface area contributed by atoms with Crippen LogP contribution in [0, 0.1) is 6.92 Å². The summed E-state index contributed by atoms with van der Waals surface area (Å²) in [4.78, 5) is 4.60. The third kappa shape index (κ3) is 1.98. The van der Waals surface area contributed by atoms with E-state index in [-0.39, 0.29) is 6.61 Å². The number of para-hydroxylation sites is 1. The van der Waals surface area contributed by atoms with E-state index in [4.69, 9.17) is 10.8 Å². The molecule has 0 bridgehead atoms. The van der Waals surface area contributed by atoms with Crippen molar-refractivity contribution in [2.24, 2.45) is 0 Å². The van der Waals surface area contributed by atoms with Gasteiger partial charge in [0.2, 0.25) is 0 Å². The number of rotatable bonds is 3. The van der Waals surface area contributed by atoms with Crippen LogP contribution >= 0.6 is 11.3 Å². The number of aromatic nitrogens is 3. The van der Waals surface area contributed by atoms with E-state index in [1.54, 1.807) is 16.0 Å². The molecule has 0 fully saturated rings. The zero-order valence-electron chi connectivity index (χ0n) is 10.5. The standard InChI is InChI=1S/C13H14N4OS/c1-8-11(12(14)17(16-8)6-7-18)13-15-9-4-2-3-5-10(9)19-13/h2-5,18H,6-7,14H2,1H3. The average Bonchev–Trinajstić information content (AvgIpc) is 2.91. The molecule has 0 aliphatic rings. The van der Waals surface area contributed by atoms with Crippen LogP contribution in [-0.4, -0.2) is 26.5 Å². The van der Waals surface area contributed by atoms with Crippen LogP contribution in [0.15, 0.2) is 24.3 Å². The molecule has 0 atom stereocenters. The fourth-order valence-electron chi connectivity index (χ4n) is 2.11. The zero-order chi connectivity index (χ0) is 13.4. The van der Waals surface area contributed by atoms with Crippen molar-refractivity contribution in [2.75, 3.05) is 12.3 Å². The summed E-state index contributed by atoms with van der Waals surface area (Å²) in [5.74, 6) is 0.561. The number of hydrogen-bond acceptors (Lipinski definition) is 5. The summed E-state index contributed by atoms with van der Waals surface area (Å²) >= 11 is 1.60. The zero-order valence-corrected chi connectivity index (χ0v) is 11.3. The Morgan fingerprint density at radius 2 is 2.16 bits per heavy atom. The van der Waals surface area contributed by atoms with Gasteiger partial charge in [-0.25, -0.2) is 9.67 Å². The number of fused-ring (bicyclic) bond motifs is 1. The molecule has 2 aromatic heterocycles. The lowest BCUT2D eigenvalue weighted by Crippen LogP contribution is -2.07. The minimum atomic E-state index is 0.0185. The van der Waals surface area contributed by atoms with Crippen molar-refractivity contribution in [1.29, 1.82) is 0 Å². The van der Waals surface area contributed by atoms with Gasteiger partial charge < -0.3 is 10.8 Å². The molecule has 0 saturated heterocycles. The Labute approximate surface area is 114 Å². The summed E-state index contributed by atoms with van der Waals surface area (Å²) in [5, 5.41) is 14.2. The van der Waals surface area contributed by atoms with E-state index in [2.05, 4.69) is 10.1 Å². The van der Waals surface area contributed by atoms with Gasteiger partial charge >= 0.3 is 0 Å².